The van der Waals surface area contributed by atoms with Crippen LogP contribution in [0.4, 0.5) is 16.3 Å². The molecule has 1 aliphatic rings. The van der Waals surface area contributed by atoms with Crippen LogP contribution in [-0.2, 0) is 11.3 Å². The molecule has 10 nitrogen and oxygen atoms in total. The van der Waals surface area contributed by atoms with E-state index in [0.29, 0.717) is 13.1 Å². The molecule has 0 bridgehead atoms. The molecule has 0 aliphatic carbocycles. The van der Waals surface area contributed by atoms with Crippen LogP contribution < -0.4 is 15.1 Å². The second-order valence-electron chi connectivity index (χ2n) is 8.22. The Labute approximate surface area is 195 Å². The molecular weight excluding hydrogens is 434 g/mol. The number of nitrogens with one attached hydrogen (secondary N) is 1. The number of carbonyl (C=O) groups is 2. The van der Waals surface area contributed by atoms with Crippen LogP contribution in [0, 0.1) is 0 Å². The van der Waals surface area contributed by atoms with E-state index in [-0.39, 0.29) is 12.3 Å². The number of fused-ring (bicyclic) bond motifs is 1. The van der Waals surface area contributed by atoms with Gasteiger partial charge in [0.15, 0.2) is 5.65 Å². The van der Waals surface area contributed by atoms with Gasteiger partial charge < -0.3 is 20.2 Å². The fourth-order valence-corrected chi connectivity index (χ4v) is 4.15. The largest absolute Gasteiger partial charge is 0.465 e. The Morgan fingerprint density at radius 3 is 2.74 bits per heavy atom. The van der Waals surface area contributed by atoms with Crippen LogP contribution in [0.15, 0.2) is 67.1 Å². The molecule has 1 aliphatic heterocycles. The minimum Gasteiger partial charge on any atom is -0.465 e. The fraction of sp³-hybridized carbons (Fsp3) is 0.208. The lowest BCUT2D eigenvalue weighted by molar-refractivity contribution is -0.117. The highest BCUT2D eigenvalue weighted by atomic mass is 16.4. The molecule has 0 radical (unpaired) electrons. The smallest absolute Gasteiger partial charge is 0.404 e. The van der Waals surface area contributed by atoms with E-state index < -0.39 is 12.1 Å². The van der Waals surface area contributed by atoms with Gasteiger partial charge in [-0.15, -0.1) is 5.10 Å². The number of hydrogen-bond donors (Lipinski definition) is 2. The number of aromatic nitrogens is 4. The van der Waals surface area contributed by atoms with Crippen molar-refractivity contribution >= 4 is 29.2 Å². The van der Waals surface area contributed by atoms with Gasteiger partial charge in [-0.1, -0.05) is 18.2 Å². The number of carboxylic acid groups (broad SMARTS) is 1. The minimum absolute atomic E-state index is 0.107. The summed E-state index contributed by atoms with van der Waals surface area (Å²) in [5, 5.41) is 16.1. The van der Waals surface area contributed by atoms with Gasteiger partial charge in [0.2, 0.25) is 5.91 Å². The van der Waals surface area contributed by atoms with Gasteiger partial charge in [0.25, 0.3) is 0 Å². The number of carbonyl (C=O) groups excluding carboxylic acids is 1. The highest BCUT2D eigenvalue weighted by Crippen LogP contribution is 2.27. The van der Waals surface area contributed by atoms with Crippen molar-refractivity contribution in [1.29, 1.82) is 0 Å². The van der Waals surface area contributed by atoms with Gasteiger partial charge in [0, 0.05) is 50.2 Å². The van der Waals surface area contributed by atoms with Gasteiger partial charge in [-0.3, -0.25) is 9.78 Å². The average molecular weight is 457 g/mol. The second kappa shape index (κ2) is 8.81. The van der Waals surface area contributed by atoms with Gasteiger partial charge in [-0.2, -0.15) is 0 Å². The van der Waals surface area contributed by atoms with E-state index in [9.17, 15) is 9.59 Å². The molecule has 1 atom stereocenters. The quantitative estimate of drug-likeness (QED) is 0.457. The molecule has 172 valence electrons. The molecule has 0 saturated carbocycles. The summed E-state index contributed by atoms with van der Waals surface area (Å²) in [6.07, 6.45) is 4.39. The highest BCUT2D eigenvalue weighted by molar-refractivity contribution is 5.96. The third kappa shape index (κ3) is 4.25. The first kappa shape index (κ1) is 21.4. The Kier molecular flexibility index (Phi) is 5.54. The lowest BCUT2D eigenvalue weighted by Crippen LogP contribution is -2.36. The molecule has 3 aromatic heterocycles. The summed E-state index contributed by atoms with van der Waals surface area (Å²) in [6.45, 7) is 0.987. The minimum atomic E-state index is -1.12. The van der Waals surface area contributed by atoms with Crippen molar-refractivity contribution in [2.45, 2.75) is 19.0 Å². The zero-order chi connectivity index (χ0) is 23.7. The Morgan fingerprint density at radius 2 is 2.00 bits per heavy atom. The van der Waals surface area contributed by atoms with Crippen LogP contribution in [0.3, 0.4) is 0 Å². The maximum absolute atomic E-state index is 12.3. The van der Waals surface area contributed by atoms with Crippen molar-refractivity contribution in [2.75, 3.05) is 23.4 Å². The molecule has 0 unspecified atom stereocenters. The van der Waals surface area contributed by atoms with E-state index in [1.807, 2.05) is 66.7 Å². The summed E-state index contributed by atoms with van der Waals surface area (Å²) in [7, 11) is 1.98. The molecule has 4 aromatic rings. The Balaban J connectivity index is 1.37. The Bertz CT molecular complexity index is 1340. The maximum atomic E-state index is 12.3. The number of rotatable bonds is 6. The lowest BCUT2D eigenvalue weighted by atomic mass is 10.1. The zero-order valence-electron chi connectivity index (χ0n) is 18.5. The molecule has 34 heavy (non-hydrogen) atoms. The van der Waals surface area contributed by atoms with Crippen LogP contribution in [0.25, 0.3) is 16.9 Å². The topological polar surface area (TPSA) is 116 Å². The van der Waals surface area contributed by atoms with Gasteiger partial charge in [-0.05, 0) is 35.9 Å². The van der Waals surface area contributed by atoms with E-state index in [4.69, 9.17) is 10.2 Å². The molecule has 1 saturated heterocycles. The fourth-order valence-electron chi connectivity index (χ4n) is 4.15. The number of pyridine rings is 1. The molecule has 0 spiro atoms. The third-order valence-corrected chi connectivity index (χ3v) is 5.81. The number of amides is 2. The summed E-state index contributed by atoms with van der Waals surface area (Å²) in [4.78, 5) is 35.5. The number of benzene rings is 1. The van der Waals surface area contributed by atoms with Gasteiger partial charge in [0.1, 0.15) is 5.82 Å². The predicted octanol–water partition coefficient (Wildman–Crippen LogP) is 2.80. The Morgan fingerprint density at radius 1 is 1.18 bits per heavy atom. The molecule has 5 rings (SSSR count). The lowest BCUT2D eigenvalue weighted by Gasteiger charge is -2.18. The van der Waals surface area contributed by atoms with Crippen molar-refractivity contribution in [3.63, 3.8) is 0 Å². The molecule has 2 N–H and O–H groups in total. The van der Waals surface area contributed by atoms with Crippen LogP contribution >= 0.6 is 0 Å². The van der Waals surface area contributed by atoms with Crippen LogP contribution in [0.5, 0.6) is 0 Å². The van der Waals surface area contributed by atoms with Crippen molar-refractivity contribution in [2.24, 2.45) is 0 Å². The van der Waals surface area contributed by atoms with E-state index in [2.05, 4.69) is 15.3 Å². The van der Waals surface area contributed by atoms with E-state index in [1.165, 1.54) is 0 Å². The van der Waals surface area contributed by atoms with E-state index in [1.54, 1.807) is 21.8 Å². The normalized spacial score (nSPS) is 15.6. The maximum Gasteiger partial charge on any atom is 0.404 e. The molecule has 4 heterocycles. The predicted molar refractivity (Wildman–Crippen MR) is 127 cm³/mol. The van der Waals surface area contributed by atoms with E-state index in [0.717, 1.165) is 34.0 Å². The van der Waals surface area contributed by atoms with Crippen LogP contribution in [0.1, 0.15) is 12.0 Å². The van der Waals surface area contributed by atoms with Crippen molar-refractivity contribution in [3.05, 3.63) is 72.7 Å². The number of imidazole rings is 1. The van der Waals surface area contributed by atoms with Crippen molar-refractivity contribution in [3.8, 4) is 11.3 Å². The number of anilines is 2. The molecule has 1 fully saturated rings. The second-order valence-corrected chi connectivity index (χ2v) is 8.22. The zero-order valence-corrected chi connectivity index (χ0v) is 18.5. The van der Waals surface area contributed by atoms with Gasteiger partial charge in [-0.25, -0.2) is 14.3 Å². The standard InChI is InChI=1S/C24H23N7O3/c1-29(14-16-3-2-10-25-12-16)22-9-8-21-26-13-20(31(21)28-22)17-4-6-19(7-5-17)30-15-18(11-23(30)32)27-24(33)34/h2-10,12-13,18,27H,11,14-15H2,1H3,(H,33,34)/t18-/m0/s1. The van der Waals surface area contributed by atoms with Crippen molar-refractivity contribution in [1.82, 2.24) is 24.9 Å². The van der Waals surface area contributed by atoms with Gasteiger partial charge >= 0.3 is 6.09 Å². The average Bonchev–Trinajstić information content (AvgIpc) is 3.42. The summed E-state index contributed by atoms with van der Waals surface area (Å²) in [5.41, 5.74) is 4.28. The summed E-state index contributed by atoms with van der Waals surface area (Å²) < 4.78 is 1.80. The van der Waals surface area contributed by atoms with Crippen LogP contribution in [0.2, 0.25) is 0 Å². The first-order valence-electron chi connectivity index (χ1n) is 10.8. The first-order chi connectivity index (χ1) is 16.5. The summed E-state index contributed by atoms with van der Waals surface area (Å²) in [5.74, 6) is 0.691. The number of hydrogen-bond acceptors (Lipinski definition) is 6. The third-order valence-electron chi connectivity index (χ3n) is 5.81. The molecular formula is C24H23N7O3. The highest BCUT2D eigenvalue weighted by Gasteiger charge is 2.31. The van der Waals surface area contributed by atoms with Gasteiger partial charge in [0.05, 0.1) is 17.9 Å². The summed E-state index contributed by atoms with van der Waals surface area (Å²) >= 11 is 0. The molecule has 1 aromatic carbocycles. The number of nitrogens with zero attached hydrogens (tertiary/aromatic N) is 6. The van der Waals surface area contributed by atoms with Crippen molar-refractivity contribution < 1.29 is 14.7 Å². The van der Waals surface area contributed by atoms with E-state index >= 15 is 0 Å². The summed E-state index contributed by atoms with van der Waals surface area (Å²) in [6, 6.07) is 14.9. The SMILES string of the molecule is CN(Cc1cccnc1)c1ccc2ncc(-c3ccc(N4C[C@@H](NC(=O)O)CC4=O)cc3)n2n1. The Hall–Kier alpha value is -4.47. The molecule has 2 amide bonds. The van der Waals surface area contributed by atoms with Crippen LogP contribution in [-0.4, -0.2) is 56.3 Å². The molecule has 10 heteroatoms. The first-order valence-corrected chi connectivity index (χ1v) is 10.8. The monoisotopic (exact) mass is 457 g/mol.